The van der Waals surface area contributed by atoms with Crippen molar-refractivity contribution < 1.29 is 27.4 Å². The van der Waals surface area contributed by atoms with Crippen LogP contribution in [0.15, 0.2) is 36.5 Å². The predicted octanol–water partition coefficient (Wildman–Crippen LogP) is 4.27. The minimum absolute atomic E-state index is 0.00692. The van der Waals surface area contributed by atoms with E-state index >= 15 is 0 Å². The average Bonchev–Trinajstić information content (AvgIpc) is 2.58. The third-order valence-corrected chi connectivity index (χ3v) is 3.64. The molecule has 0 fully saturated rings. The van der Waals surface area contributed by atoms with E-state index in [0.717, 1.165) is 12.3 Å². The number of alkyl halides is 4. The molecule has 0 N–H and O–H groups in total. The topological polar surface area (TPSA) is 48.4 Å². The molecule has 2 rings (SSSR count). The van der Waals surface area contributed by atoms with Crippen LogP contribution in [0.5, 0.6) is 11.5 Å². The van der Waals surface area contributed by atoms with E-state index in [0.29, 0.717) is 22.8 Å². The molecule has 0 saturated carbocycles. The quantitative estimate of drug-likeness (QED) is 0.533. The highest BCUT2D eigenvalue weighted by Crippen LogP contribution is 2.29. The van der Waals surface area contributed by atoms with Gasteiger partial charge in [-0.05, 0) is 24.3 Å². The van der Waals surface area contributed by atoms with E-state index in [1.807, 2.05) is 0 Å². The summed E-state index contributed by atoms with van der Waals surface area (Å²) in [6, 6.07) is 6.90. The summed E-state index contributed by atoms with van der Waals surface area (Å²) in [5, 5.41) is 0.166. The van der Waals surface area contributed by atoms with Crippen LogP contribution in [-0.2, 0) is 12.8 Å². The van der Waals surface area contributed by atoms with Gasteiger partial charge in [0.05, 0.1) is 29.3 Å². The zero-order valence-corrected chi connectivity index (χ0v) is 14.1. The highest BCUT2D eigenvalue weighted by Gasteiger charge is 2.30. The maximum absolute atomic E-state index is 12.5. The fraction of sp³-hybridized carbons (Fsp3) is 0.250. The van der Waals surface area contributed by atoms with Crippen molar-refractivity contribution in [2.45, 2.75) is 12.8 Å². The van der Waals surface area contributed by atoms with E-state index in [2.05, 4.69) is 20.9 Å². The lowest BCUT2D eigenvalue weighted by Crippen LogP contribution is -2.07. The number of hydrogen-bond acceptors (Lipinski definition) is 4. The molecule has 0 saturated heterocycles. The predicted molar refractivity (Wildman–Crippen MR) is 84.7 cm³/mol. The Hall–Kier alpha value is -2.09. The number of ether oxygens (including phenoxy) is 2. The largest absolute Gasteiger partial charge is 0.496 e. The van der Waals surface area contributed by atoms with Gasteiger partial charge in [0.25, 0.3) is 0 Å². The summed E-state index contributed by atoms with van der Waals surface area (Å²) in [5.41, 5.74) is -0.0532. The van der Waals surface area contributed by atoms with Crippen molar-refractivity contribution in [3.8, 4) is 11.5 Å². The van der Waals surface area contributed by atoms with Crippen molar-refractivity contribution in [3.05, 3.63) is 53.3 Å². The minimum atomic E-state index is -4.42. The number of benzene rings is 1. The van der Waals surface area contributed by atoms with Gasteiger partial charge in [0, 0.05) is 12.3 Å². The molecule has 1 aromatic heterocycles. The summed E-state index contributed by atoms with van der Waals surface area (Å²) in [6.07, 6.45) is -3.66. The number of pyridine rings is 1. The molecule has 1 heterocycles. The van der Waals surface area contributed by atoms with E-state index in [-0.39, 0.29) is 17.7 Å². The number of ketones is 1. The van der Waals surface area contributed by atoms with Crippen LogP contribution in [0.3, 0.4) is 0 Å². The Balaban J connectivity index is 2.08. The molecule has 0 aliphatic carbocycles. The maximum Gasteiger partial charge on any atom is 0.417 e. The molecule has 1 aromatic carbocycles. The lowest BCUT2D eigenvalue weighted by Gasteiger charge is -2.11. The first kappa shape index (κ1) is 18.3. The van der Waals surface area contributed by atoms with E-state index in [1.54, 1.807) is 18.2 Å². The van der Waals surface area contributed by atoms with Gasteiger partial charge >= 0.3 is 6.18 Å². The van der Waals surface area contributed by atoms with Crippen molar-refractivity contribution in [1.29, 1.82) is 0 Å². The van der Waals surface area contributed by atoms with Gasteiger partial charge in [0.15, 0.2) is 5.78 Å². The molecule has 4 nitrogen and oxygen atoms in total. The molecule has 0 bridgehead atoms. The van der Waals surface area contributed by atoms with Gasteiger partial charge in [-0.3, -0.25) is 9.78 Å². The van der Waals surface area contributed by atoms with Gasteiger partial charge in [-0.25, -0.2) is 0 Å². The molecule has 0 aliphatic rings. The van der Waals surface area contributed by atoms with Crippen molar-refractivity contribution in [2.75, 3.05) is 12.4 Å². The normalized spacial score (nSPS) is 11.2. The standard InChI is InChI=1S/C16H13BrF3NO3/c1-23-15-6-12(4-5-13(15)14(22)7-17)24-9-11-3-2-10(8-21-11)16(18,19)20/h2-6,8H,7,9H2,1H3. The number of methoxy groups -OCH3 is 1. The number of Topliss-reactive ketones (excluding diaryl/α,β-unsaturated/α-hetero) is 1. The number of hydrogen-bond donors (Lipinski definition) is 0. The molecule has 0 spiro atoms. The Morgan fingerprint density at radius 3 is 2.54 bits per heavy atom. The Bertz CT molecular complexity index is 717. The molecule has 0 amide bonds. The van der Waals surface area contributed by atoms with Crippen LogP contribution in [0, 0.1) is 0 Å². The van der Waals surface area contributed by atoms with Gasteiger partial charge in [0.2, 0.25) is 0 Å². The second-order valence-corrected chi connectivity index (χ2v) is 5.30. The van der Waals surface area contributed by atoms with Crippen molar-refractivity contribution >= 4 is 21.7 Å². The number of rotatable bonds is 6. The number of halogens is 4. The monoisotopic (exact) mass is 403 g/mol. The second-order valence-electron chi connectivity index (χ2n) is 4.74. The van der Waals surface area contributed by atoms with Crippen LogP contribution in [0.1, 0.15) is 21.6 Å². The molecule has 128 valence electrons. The Morgan fingerprint density at radius 2 is 2.00 bits per heavy atom. The highest BCUT2D eigenvalue weighted by molar-refractivity contribution is 9.09. The molecule has 0 unspecified atom stereocenters. The summed E-state index contributed by atoms with van der Waals surface area (Å²) in [7, 11) is 1.43. The van der Waals surface area contributed by atoms with Crippen LogP contribution in [0.4, 0.5) is 13.2 Å². The van der Waals surface area contributed by atoms with Crippen LogP contribution >= 0.6 is 15.9 Å². The van der Waals surface area contributed by atoms with Gasteiger partial charge in [0.1, 0.15) is 18.1 Å². The molecular weight excluding hydrogens is 391 g/mol. The zero-order chi connectivity index (χ0) is 17.7. The lowest BCUT2D eigenvalue weighted by atomic mass is 10.1. The summed E-state index contributed by atoms with van der Waals surface area (Å²) < 4.78 is 48.0. The first-order valence-corrected chi connectivity index (χ1v) is 7.89. The Morgan fingerprint density at radius 1 is 1.25 bits per heavy atom. The van der Waals surface area contributed by atoms with Crippen LogP contribution in [-0.4, -0.2) is 23.2 Å². The van der Waals surface area contributed by atoms with E-state index in [9.17, 15) is 18.0 Å². The summed E-state index contributed by atoms with van der Waals surface area (Å²) in [4.78, 5) is 15.5. The first-order chi connectivity index (χ1) is 11.3. The minimum Gasteiger partial charge on any atom is -0.496 e. The third kappa shape index (κ3) is 4.47. The zero-order valence-electron chi connectivity index (χ0n) is 12.6. The van der Waals surface area contributed by atoms with Gasteiger partial charge in [-0.2, -0.15) is 13.2 Å². The van der Waals surface area contributed by atoms with E-state index < -0.39 is 11.7 Å². The summed E-state index contributed by atoms with van der Waals surface area (Å²) >= 11 is 3.09. The van der Waals surface area contributed by atoms with Crippen molar-refractivity contribution in [3.63, 3.8) is 0 Å². The van der Waals surface area contributed by atoms with Crippen LogP contribution < -0.4 is 9.47 Å². The van der Waals surface area contributed by atoms with Crippen LogP contribution in [0.2, 0.25) is 0 Å². The second kappa shape index (κ2) is 7.65. The average molecular weight is 404 g/mol. The fourth-order valence-electron chi connectivity index (χ4n) is 1.90. The molecule has 24 heavy (non-hydrogen) atoms. The first-order valence-electron chi connectivity index (χ1n) is 6.77. The molecule has 0 atom stereocenters. The van der Waals surface area contributed by atoms with Gasteiger partial charge in [-0.15, -0.1) is 0 Å². The van der Waals surface area contributed by atoms with Crippen molar-refractivity contribution in [2.24, 2.45) is 0 Å². The van der Waals surface area contributed by atoms with E-state index in [1.165, 1.54) is 13.2 Å². The summed E-state index contributed by atoms with van der Waals surface area (Å²) in [6.45, 7) is -0.00692. The molecule has 0 aliphatic heterocycles. The number of aromatic nitrogens is 1. The highest BCUT2D eigenvalue weighted by atomic mass is 79.9. The van der Waals surface area contributed by atoms with Gasteiger partial charge < -0.3 is 9.47 Å². The lowest BCUT2D eigenvalue weighted by molar-refractivity contribution is -0.137. The molecule has 2 aromatic rings. The maximum atomic E-state index is 12.5. The van der Waals surface area contributed by atoms with Crippen molar-refractivity contribution in [1.82, 2.24) is 4.98 Å². The SMILES string of the molecule is COc1cc(OCc2ccc(C(F)(F)F)cn2)ccc1C(=O)CBr. The smallest absolute Gasteiger partial charge is 0.417 e. The molecule has 0 radical (unpaired) electrons. The number of carbonyl (C=O) groups excluding carboxylic acids is 1. The van der Waals surface area contributed by atoms with Crippen LogP contribution in [0.25, 0.3) is 0 Å². The summed E-state index contributed by atoms with van der Waals surface area (Å²) in [5.74, 6) is 0.639. The number of carbonyl (C=O) groups is 1. The number of nitrogens with zero attached hydrogens (tertiary/aromatic N) is 1. The Kier molecular flexibility index (Phi) is 5.82. The van der Waals surface area contributed by atoms with E-state index in [4.69, 9.17) is 9.47 Å². The molecular formula is C16H13BrF3NO3. The fourth-order valence-corrected chi connectivity index (χ4v) is 2.20. The Labute approximate surface area is 144 Å². The van der Waals surface area contributed by atoms with Gasteiger partial charge in [-0.1, -0.05) is 15.9 Å². The molecule has 8 heteroatoms. The third-order valence-electron chi connectivity index (χ3n) is 3.13.